The van der Waals surface area contributed by atoms with Gasteiger partial charge in [-0.3, -0.25) is 9.69 Å². The van der Waals surface area contributed by atoms with Gasteiger partial charge in [0.25, 0.3) is 0 Å². The lowest BCUT2D eigenvalue weighted by atomic mass is 10.1. The Morgan fingerprint density at radius 2 is 2.06 bits per heavy atom. The highest BCUT2D eigenvalue weighted by molar-refractivity contribution is 7.80. The molecular formula is C13H17N3OS. The number of nitrogens with zero attached hydrogens (tertiary/aromatic N) is 1. The van der Waals surface area contributed by atoms with Gasteiger partial charge in [-0.1, -0.05) is 36.5 Å². The first-order valence-corrected chi connectivity index (χ1v) is 6.44. The summed E-state index contributed by atoms with van der Waals surface area (Å²) in [6, 6.07) is 7.96. The van der Waals surface area contributed by atoms with Crippen molar-refractivity contribution >= 4 is 23.1 Å². The van der Waals surface area contributed by atoms with Crippen molar-refractivity contribution in [3.63, 3.8) is 0 Å². The molecule has 1 amide bonds. The average Bonchev–Trinajstić information content (AvgIpc) is 2.55. The van der Waals surface area contributed by atoms with E-state index in [0.717, 1.165) is 31.7 Å². The molecule has 1 aliphatic rings. The van der Waals surface area contributed by atoms with Gasteiger partial charge in [0.15, 0.2) is 0 Å². The molecule has 1 aliphatic heterocycles. The van der Waals surface area contributed by atoms with Gasteiger partial charge >= 0.3 is 0 Å². The summed E-state index contributed by atoms with van der Waals surface area (Å²) in [6.45, 7) is 3.28. The van der Waals surface area contributed by atoms with Crippen molar-refractivity contribution in [1.29, 1.82) is 0 Å². The smallest absolute Gasteiger partial charge is 0.221 e. The third kappa shape index (κ3) is 3.51. The third-order valence-electron chi connectivity index (χ3n) is 3.05. The summed E-state index contributed by atoms with van der Waals surface area (Å²) in [7, 11) is 0. The molecule has 3 N–H and O–H groups in total. The van der Waals surface area contributed by atoms with E-state index in [-0.39, 0.29) is 5.91 Å². The quantitative estimate of drug-likeness (QED) is 0.786. The number of rotatable bonds is 3. The number of nitrogens with one attached hydrogen (secondary N) is 1. The number of thiocarbonyl (C=S) groups is 1. The molecule has 4 nitrogen and oxygen atoms in total. The predicted octanol–water partition coefficient (Wildman–Crippen LogP) is 0.643. The number of hydrogen-bond acceptors (Lipinski definition) is 3. The first-order chi connectivity index (χ1) is 8.65. The molecule has 0 atom stereocenters. The van der Waals surface area contributed by atoms with Crippen LogP contribution in [0, 0.1) is 0 Å². The second-order valence-corrected chi connectivity index (χ2v) is 4.88. The number of benzene rings is 1. The largest absolute Gasteiger partial charge is 0.389 e. The Labute approximate surface area is 112 Å². The molecule has 0 spiro atoms. The summed E-state index contributed by atoms with van der Waals surface area (Å²) < 4.78 is 0. The van der Waals surface area contributed by atoms with Crippen molar-refractivity contribution in [2.75, 3.05) is 19.6 Å². The van der Waals surface area contributed by atoms with Crippen LogP contribution in [0.4, 0.5) is 0 Å². The van der Waals surface area contributed by atoms with E-state index in [1.807, 2.05) is 24.3 Å². The van der Waals surface area contributed by atoms with Crippen LogP contribution in [0.5, 0.6) is 0 Å². The van der Waals surface area contributed by atoms with Crippen LogP contribution in [0.3, 0.4) is 0 Å². The summed E-state index contributed by atoms with van der Waals surface area (Å²) in [5.41, 5.74) is 7.66. The summed E-state index contributed by atoms with van der Waals surface area (Å²) >= 11 is 4.92. The van der Waals surface area contributed by atoms with E-state index in [1.54, 1.807) is 0 Å². The van der Waals surface area contributed by atoms with Crippen molar-refractivity contribution in [2.45, 2.75) is 13.0 Å². The van der Waals surface area contributed by atoms with Crippen LogP contribution in [0.1, 0.15) is 17.5 Å². The van der Waals surface area contributed by atoms with Gasteiger partial charge in [0, 0.05) is 38.2 Å². The Balaban J connectivity index is 1.96. The fourth-order valence-electron chi connectivity index (χ4n) is 2.00. The first-order valence-electron chi connectivity index (χ1n) is 6.03. The maximum Gasteiger partial charge on any atom is 0.221 e. The fraction of sp³-hybridized carbons (Fsp3) is 0.385. The molecule has 96 valence electrons. The highest BCUT2D eigenvalue weighted by Gasteiger charge is 2.13. The minimum atomic E-state index is 0.140. The molecule has 0 aliphatic carbocycles. The van der Waals surface area contributed by atoms with Crippen molar-refractivity contribution in [2.24, 2.45) is 5.73 Å². The van der Waals surface area contributed by atoms with E-state index in [2.05, 4.69) is 10.2 Å². The summed E-state index contributed by atoms with van der Waals surface area (Å²) in [6.07, 6.45) is 0.574. The van der Waals surface area contributed by atoms with E-state index in [0.29, 0.717) is 11.4 Å². The average molecular weight is 263 g/mol. The minimum absolute atomic E-state index is 0.140. The fourth-order valence-corrected chi connectivity index (χ4v) is 2.14. The summed E-state index contributed by atoms with van der Waals surface area (Å²) in [4.78, 5) is 13.9. The molecular weight excluding hydrogens is 246 g/mol. The lowest BCUT2D eigenvalue weighted by Crippen LogP contribution is -2.28. The van der Waals surface area contributed by atoms with Gasteiger partial charge < -0.3 is 11.1 Å². The Hall–Kier alpha value is -1.46. The van der Waals surface area contributed by atoms with Crippen LogP contribution in [0.2, 0.25) is 0 Å². The molecule has 1 aromatic rings. The maximum atomic E-state index is 11.2. The molecule has 0 saturated carbocycles. The Morgan fingerprint density at radius 1 is 1.33 bits per heavy atom. The molecule has 0 bridgehead atoms. The predicted molar refractivity (Wildman–Crippen MR) is 75.2 cm³/mol. The van der Waals surface area contributed by atoms with E-state index in [9.17, 15) is 4.79 Å². The van der Waals surface area contributed by atoms with Crippen LogP contribution in [-0.2, 0) is 11.3 Å². The Bertz CT molecular complexity index is 444. The molecule has 1 fully saturated rings. The monoisotopic (exact) mass is 263 g/mol. The molecule has 0 unspecified atom stereocenters. The van der Waals surface area contributed by atoms with Crippen molar-refractivity contribution in [1.82, 2.24) is 10.2 Å². The third-order valence-corrected chi connectivity index (χ3v) is 3.29. The second-order valence-electron chi connectivity index (χ2n) is 4.44. The van der Waals surface area contributed by atoms with Crippen LogP contribution >= 0.6 is 12.2 Å². The number of amides is 1. The zero-order valence-corrected chi connectivity index (χ0v) is 11.0. The van der Waals surface area contributed by atoms with Crippen LogP contribution in [0.25, 0.3) is 0 Å². The lowest BCUT2D eigenvalue weighted by Gasteiger charge is -2.19. The zero-order valence-electron chi connectivity index (χ0n) is 10.2. The van der Waals surface area contributed by atoms with Gasteiger partial charge in [0.05, 0.1) is 0 Å². The van der Waals surface area contributed by atoms with Crippen LogP contribution < -0.4 is 11.1 Å². The van der Waals surface area contributed by atoms with Gasteiger partial charge in [-0.2, -0.15) is 0 Å². The SMILES string of the molecule is NC(=S)c1ccc(CN2CCNC(=O)CC2)cc1. The van der Waals surface area contributed by atoms with Gasteiger partial charge in [-0.05, 0) is 5.56 Å². The molecule has 2 rings (SSSR count). The Kier molecular flexibility index (Phi) is 4.28. The molecule has 5 heteroatoms. The number of hydrogen-bond donors (Lipinski definition) is 2. The van der Waals surface area contributed by atoms with Crippen molar-refractivity contribution < 1.29 is 4.79 Å². The van der Waals surface area contributed by atoms with Gasteiger partial charge in [-0.15, -0.1) is 0 Å². The van der Waals surface area contributed by atoms with Crippen molar-refractivity contribution in [3.8, 4) is 0 Å². The first kappa shape index (κ1) is 13.0. The van der Waals surface area contributed by atoms with E-state index in [1.165, 1.54) is 5.56 Å². The molecule has 0 aromatic heterocycles. The van der Waals surface area contributed by atoms with Gasteiger partial charge in [0.2, 0.25) is 5.91 Å². The Morgan fingerprint density at radius 3 is 2.72 bits per heavy atom. The van der Waals surface area contributed by atoms with E-state index < -0.39 is 0 Å². The van der Waals surface area contributed by atoms with Gasteiger partial charge in [0.1, 0.15) is 4.99 Å². The van der Waals surface area contributed by atoms with Crippen molar-refractivity contribution in [3.05, 3.63) is 35.4 Å². The normalized spacial score (nSPS) is 17.0. The molecule has 0 radical (unpaired) electrons. The highest BCUT2D eigenvalue weighted by Crippen LogP contribution is 2.09. The highest BCUT2D eigenvalue weighted by atomic mass is 32.1. The topological polar surface area (TPSA) is 58.4 Å². The van der Waals surface area contributed by atoms with Crippen LogP contribution in [-0.4, -0.2) is 35.4 Å². The zero-order chi connectivity index (χ0) is 13.0. The minimum Gasteiger partial charge on any atom is -0.389 e. The molecule has 18 heavy (non-hydrogen) atoms. The second kappa shape index (κ2) is 5.93. The van der Waals surface area contributed by atoms with E-state index >= 15 is 0 Å². The molecule has 1 saturated heterocycles. The number of carbonyl (C=O) groups is 1. The molecule has 1 aromatic carbocycles. The summed E-state index contributed by atoms with van der Waals surface area (Å²) in [5, 5.41) is 2.87. The number of nitrogens with two attached hydrogens (primary N) is 1. The number of carbonyl (C=O) groups excluding carboxylic acids is 1. The van der Waals surface area contributed by atoms with E-state index in [4.69, 9.17) is 18.0 Å². The summed E-state index contributed by atoms with van der Waals surface area (Å²) in [5.74, 6) is 0.140. The van der Waals surface area contributed by atoms with Gasteiger partial charge in [-0.25, -0.2) is 0 Å². The molecule has 1 heterocycles. The standard InChI is InChI=1S/C13H17N3OS/c14-13(18)11-3-1-10(2-4-11)9-16-7-5-12(17)15-6-8-16/h1-4H,5-9H2,(H2,14,18)(H,15,17). The lowest BCUT2D eigenvalue weighted by molar-refractivity contribution is -0.120. The van der Waals surface area contributed by atoms with Crippen LogP contribution in [0.15, 0.2) is 24.3 Å². The maximum absolute atomic E-state index is 11.2.